The highest BCUT2D eigenvalue weighted by Gasteiger charge is 2.26. The number of esters is 1. The molecule has 1 rings (SSSR count). The van der Waals surface area contributed by atoms with Crippen molar-refractivity contribution in [2.75, 3.05) is 26.3 Å². The highest BCUT2D eigenvalue weighted by atomic mass is 16.5. The van der Waals surface area contributed by atoms with Gasteiger partial charge in [-0.25, -0.2) is 0 Å². The lowest BCUT2D eigenvalue weighted by molar-refractivity contribution is -0.147. The smallest absolute Gasteiger partial charge is 0.309 e. The average Bonchev–Trinajstić information content (AvgIpc) is 2.76. The number of ether oxygens (including phenoxy) is 2. The van der Waals surface area contributed by atoms with Gasteiger partial charge in [-0.2, -0.15) is 0 Å². The summed E-state index contributed by atoms with van der Waals surface area (Å²) in [6.45, 7) is 8.83. The van der Waals surface area contributed by atoms with Crippen molar-refractivity contribution in [1.82, 2.24) is 5.32 Å². The van der Waals surface area contributed by atoms with Crippen molar-refractivity contribution in [3.63, 3.8) is 0 Å². The fraction of sp³-hybridized carbons (Fsp3) is 0.923. The molecule has 4 nitrogen and oxygen atoms in total. The molecule has 0 bridgehead atoms. The predicted octanol–water partition coefficient (Wildman–Crippen LogP) is 1.59. The molecule has 0 aliphatic carbocycles. The number of hydrogen-bond acceptors (Lipinski definition) is 4. The van der Waals surface area contributed by atoms with Crippen molar-refractivity contribution in [2.24, 2.45) is 11.8 Å². The number of carbonyl (C=O) groups is 1. The summed E-state index contributed by atoms with van der Waals surface area (Å²) < 4.78 is 10.6. The van der Waals surface area contributed by atoms with Crippen LogP contribution in [0.1, 0.15) is 33.6 Å². The molecule has 0 radical (unpaired) electrons. The van der Waals surface area contributed by atoms with Gasteiger partial charge in [0.1, 0.15) is 0 Å². The molecule has 0 aromatic rings. The van der Waals surface area contributed by atoms with Crippen molar-refractivity contribution < 1.29 is 14.3 Å². The summed E-state index contributed by atoms with van der Waals surface area (Å²) in [5, 5.41) is 3.35. The van der Waals surface area contributed by atoms with Gasteiger partial charge in [-0.1, -0.05) is 13.8 Å². The van der Waals surface area contributed by atoms with Crippen LogP contribution in [-0.2, 0) is 14.3 Å². The summed E-state index contributed by atoms with van der Waals surface area (Å²) in [6, 6.07) is 0. The number of nitrogens with one attached hydrogen (secondary N) is 1. The van der Waals surface area contributed by atoms with Gasteiger partial charge in [0.05, 0.1) is 18.6 Å². The van der Waals surface area contributed by atoms with Crippen molar-refractivity contribution >= 4 is 5.97 Å². The topological polar surface area (TPSA) is 47.6 Å². The third-order valence-electron chi connectivity index (χ3n) is 3.29. The highest BCUT2D eigenvalue weighted by molar-refractivity contribution is 5.72. The molecule has 1 fully saturated rings. The molecule has 1 saturated heterocycles. The van der Waals surface area contributed by atoms with E-state index in [-0.39, 0.29) is 11.9 Å². The van der Waals surface area contributed by atoms with E-state index in [4.69, 9.17) is 9.47 Å². The molecule has 4 heteroatoms. The first-order valence-corrected chi connectivity index (χ1v) is 6.67. The van der Waals surface area contributed by atoms with Gasteiger partial charge in [0.15, 0.2) is 0 Å². The van der Waals surface area contributed by atoms with Crippen LogP contribution in [0.2, 0.25) is 0 Å². The van der Waals surface area contributed by atoms with E-state index >= 15 is 0 Å². The molecule has 0 spiro atoms. The monoisotopic (exact) mass is 243 g/mol. The predicted molar refractivity (Wildman–Crippen MR) is 66.8 cm³/mol. The van der Waals surface area contributed by atoms with Crippen LogP contribution in [0, 0.1) is 11.8 Å². The maximum Gasteiger partial charge on any atom is 0.309 e. The molecule has 17 heavy (non-hydrogen) atoms. The van der Waals surface area contributed by atoms with Gasteiger partial charge in [-0.15, -0.1) is 0 Å². The van der Waals surface area contributed by atoms with E-state index in [0.717, 1.165) is 26.0 Å². The average molecular weight is 243 g/mol. The first-order chi connectivity index (χ1) is 8.19. The van der Waals surface area contributed by atoms with Crippen LogP contribution in [0.5, 0.6) is 0 Å². The molecule has 0 amide bonds. The zero-order chi connectivity index (χ0) is 12.7. The Bertz CT molecular complexity index is 233. The molecule has 3 atom stereocenters. The third-order valence-corrected chi connectivity index (χ3v) is 3.29. The normalized spacial score (nSPS) is 25.8. The molecular weight excluding hydrogens is 218 g/mol. The lowest BCUT2D eigenvalue weighted by Gasteiger charge is -2.18. The van der Waals surface area contributed by atoms with Crippen LogP contribution < -0.4 is 5.32 Å². The maximum atomic E-state index is 11.4. The van der Waals surface area contributed by atoms with Crippen LogP contribution in [0.3, 0.4) is 0 Å². The second kappa shape index (κ2) is 7.67. The first kappa shape index (κ1) is 14.5. The molecule has 1 heterocycles. The largest absolute Gasteiger partial charge is 0.466 e. The summed E-state index contributed by atoms with van der Waals surface area (Å²) in [4.78, 5) is 11.4. The molecule has 0 saturated carbocycles. The molecule has 0 aromatic carbocycles. The Hall–Kier alpha value is -0.610. The Labute approximate surface area is 104 Å². The minimum atomic E-state index is -0.116. The van der Waals surface area contributed by atoms with Gasteiger partial charge >= 0.3 is 5.97 Å². The van der Waals surface area contributed by atoms with Crippen LogP contribution in [0.25, 0.3) is 0 Å². The van der Waals surface area contributed by atoms with E-state index in [1.807, 2.05) is 13.8 Å². The van der Waals surface area contributed by atoms with Gasteiger partial charge in [-0.3, -0.25) is 4.79 Å². The number of hydrogen-bond donors (Lipinski definition) is 1. The van der Waals surface area contributed by atoms with Crippen molar-refractivity contribution in [3.05, 3.63) is 0 Å². The minimum Gasteiger partial charge on any atom is -0.466 e. The van der Waals surface area contributed by atoms with Gasteiger partial charge in [-0.05, 0) is 25.7 Å². The standard InChI is InChI=1S/C13H25NO3/c1-4-12-11(6-7-17-12)9-14-8-10(3)13(15)16-5-2/h10-12,14H,4-9H2,1-3H3. The molecule has 3 unspecified atom stereocenters. The molecular formula is C13H25NO3. The zero-order valence-electron chi connectivity index (χ0n) is 11.2. The van der Waals surface area contributed by atoms with Crippen molar-refractivity contribution in [2.45, 2.75) is 39.7 Å². The first-order valence-electron chi connectivity index (χ1n) is 6.67. The second-order valence-electron chi connectivity index (χ2n) is 4.68. The fourth-order valence-electron chi connectivity index (χ4n) is 2.23. The van der Waals surface area contributed by atoms with Gasteiger partial charge in [0.2, 0.25) is 0 Å². The fourth-order valence-corrected chi connectivity index (χ4v) is 2.23. The minimum absolute atomic E-state index is 0.0719. The maximum absolute atomic E-state index is 11.4. The number of rotatable bonds is 7. The van der Waals surface area contributed by atoms with E-state index < -0.39 is 0 Å². The molecule has 1 N–H and O–H groups in total. The van der Waals surface area contributed by atoms with E-state index in [1.165, 1.54) is 0 Å². The van der Waals surface area contributed by atoms with E-state index in [1.54, 1.807) is 0 Å². The second-order valence-corrected chi connectivity index (χ2v) is 4.68. The molecule has 1 aliphatic heterocycles. The van der Waals surface area contributed by atoms with Crippen molar-refractivity contribution in [1.29, 1.82) is 0 Å². The Morgan fingerprint density at radius 2 is 2.29 bits per heavy atom. The summed E-state index contributed by atoms with van der Waals surface area (Å²) in [5.41, 5.74) is 0. The van der Waals surface area contributed by atoms with Crippen LogP contribution in [0.4, 0.5) is 0 Å². The van der Waals surface area contributed by atoms with Gasteiger partial charge < -0.3 is 14.8 Å². The molecule has 1 aliphatic rings. The van der Waals surface area contributed by atoms with Crippen LogP contribution in [-0.4, -0.2) is 38.4 Å². The molecule has 100 valence electrons. The van der Waals surface area contributed by atoms with Gasteiger partial charge in [0.25, 0.3) is 0 Å². The summed E-state index contributed by atoms with van der Waals surface area (Å²) in [6.07, 6.45) is 2.58. The number of carbonyl (C=O) groups excluding carboxylic acids is 1. The third kappa shape index (κ3) is 4.64. The Kier molecular flexibility index (Phi) is 6.52. The quantitative estimate of drug-likeness (QED) is 0.690. The Morgan fingerprint density at radius 1 is 1.53 bits per heavy atom. The summed E-state index contributed by atoms with van der Waals surface area (Å²) in [5.74, 6) is 0.404. The lowest BCUT2D eigenvalue weighted by atomic mass is 9.99. The Morgan fingerprint density at radius 3 is 2.94 bits per heavy atom. The van der Waals surface area contributed by atoms with Crippen LogP contribution >= 0.6 is 0 Å². The van der Waals surface area contributed by atoms with E-state index in [9.17, 15) is 4.79 Å². The Balaban J connectivity index is 2.16. The SMILES string of the molecule is CCOC(=O)C(C)CNCC1CCOC1CC. The summed E-state index contributed by atoms with van der Waals surface area (Å²) in [7, 11) is 0. The van der Waals surface area contributed by atoms with Crippen LogP contribution in [0.15, 0.2) is 0 Å². The zero-order valence-corrected chi connectivity index (χ0v) is 11.2. The molecule has 0 aromatic heterocycles. The van der Waals surface area contributed by atoms with Gasteiger partial charge in [0, 0.05) is 19.7 Å². The van der Waals surface area contributed by atoms with Crippen molar-refractivity contribution in [3.8, 4) is 0 Å². The van der Waals surface area contributed by atoms with E-state index in [0.29, 0.717) is 25.2 Å². The summed E-state index contributed by atoms with van der Waals surface area (Å²) >= 11 is 0. The highest BCUT2D eigenvalue weighted by Crippen LogP contribution is 2.22. The van der Waals surface area contributed by atoms with E-state index in [2.05, 4.69) is 12.2 Å². The lowest BCUT2D eigenvalue weighted by Crippen LogP contribution is -2.33.